The van der Waals surface area contributed by atoms with Crippen LogP contribution in [0.4, 0.5) is 4.79 Å². The standard InChI is InChI=1S/C15H25ClN4O2S.HI/c1-15(2,3)22-14(21)20-10-9-19-13(17-4)18-8-7-11-5-6-12(16)23-11;/h5-6H,7-10H2,1-4H3,(H,20,21)(H2,17,18,19);1H. The van der Waals surface area contributed by atoms with Gasteiger partial charge in [0, 0.05) is 31.6 Å². The van der Waals surface area contributed by atoms with Crippen LogP contribution in [0.3, 0.4) is 0 Å². The van der Waals surface area contributed by atoms with Gasteiger partial charge in [0.05, 0.1) is 4.34 Å². The normalized spacial score (nSPS) is 11.5. The molecule has 0 atom stereocenters. The fraction of sp³-hybridized carbons (Fsp3) is 0.600. The van der Waals surface area contributed by atoms with Crippen LogP contribution >= 0.6 is 46.9 Å². The first kappa shape index (κ1) is 23.3. The van der Waals surface area contributed by atoms with Gasteiger partial charge in [-0.25, -0.2) is 4.79 Å². The highest BCUT2D eigenvalue weighted by atomic mass is 127. The Morgan fingerprint density at radius 2 is 1.83 bits per heavy atom. The summed E-state index contributed by atoms with van der Waals surface area (Å²) >= 11 is 7.48. The molecule has 0 fully saturated rings. The summed E-state index contributed by atoms with van der Waals surface area (Å²) in [5, 5.41) is 9.02. The van der Waals surface area contributed by atoms with Crippen molar-refractivity contribution in [2.75, 3.05) is 26.7 Å². The van der Waals surface area contributed by atoms with Gasteiger partial charge < -0.3 is 20.7 Å². The van der Waals surface area contributed by atoms with Crippen molar-refractivity contribution in [1.29, 1.82) is 0 Å². The zero-order valence-corrected chi connectivity index (χ0v) is 18.3. The third-order valence-electron chi connectivity index (χ3n) is 2.60. The average molecular weight is 489 g/mol. The van der Waals surface area contributed by atoms with Crippen LogP contribution in [0.25, 0.3) is 0 Å². The third-order valence-corrected chi connectivity index (χ3v) is 3.89. The van der Waals surface area contributed by atoms with Gasteiger partial charge in [-0.3, -0.25) is 4.99 Å². The molecule has 6 nitrogen and oxygen atoms in total. The lowest BCUT2D eigenvalue weighted by atomic mass is 10.2. The molecule has 1 rings (SSSR count). The smallest absolute Gasteiger partial charge is 0.407 e. The molecule has 9 heteroatoms. The topological polar surface area (TPSA) is 74.8 Å². The third kappa shape index (κ3) is 10.9. The van der Waals surface area contributed by atoms with E-state index in [1.807, 2.05) is 32.9 Å². The summed E-state index contributed by atoms with van der Waals surface area (Å²) in [6, 6.07) is 3.92. The number of carbonyl (C=O) groups is 1. The number of hydrogen-bond donors (Lipinski definition) is 3. The Kier molecular flexibility index (Phi) is 11.4. The molecule has 3 N–H and O–H groups in total. The van der Waals surface area contributed by atoms with E-state index in [2.05, 4.69) is 20.9 Å². The SMILES string of the molecule is CN=C(NCCNC(=O)OC(C)(C)C)NCCc1ccc(Cl)s1.I. The van der Waals surface area contributed by atoms with Crippen LogP contribution in [0, 0.1) is 0 Å². The number of guanidine groups is 1. The van der Waals surface area contributed by atoms with E-state index in [-0.39, 0.29) is 24.0 Å². The summed E-state index contributed by atoms with van der Waals surface area (Å²) < 4.78 is 5.96. The van der Waals surface area contributed by atoms with E-state index >= 15 is 0 Å². The van der Waals surface area contributed by atoms with E-state index in [4.69, 9.17) is 16.3 Å². The number of halogens is 2. The van der Waals surface area contributed by atoms with E-state index in [1.165, 1.54) is 4.88 Å². The molecule has 138 valence electrons. The maximum Gasteiger partial charge on any atom is 0.407 e. The highest BCUT2D eigenvalue weighted by Crippen LogP contribution is 2.21. The summed E-state index contributed by atoms with van der Waals surface area (Å²) in [5.41, 5.74) is -0.486. The highest BCUT2D eigenvalue weighted by molar-refractivity contribution is 14.0. The Morgan fingerprint density at radius 3 is 2.38 bits per heavy atom. The van der Waals surface area contributed by atoms with Crippen LogP contribution in [-0.4, -0.2) is 44.3 Å². The van der Waals surface area contributed by atoms with Crippen LogP contribution in [-0.2, 0) is 11.2 Å². The number of hydrogen-bond acceptors (Lipinski definition) is 4. The number of nitrogens with zero attached hydrogens (tertiary/aromatic N) is 1. The van der Waals surface area contributed by atoms with Crippen molar-refractivity contribution in [1.82, 2.24) is 16.0 Å². The van der Waals surface area contributed by atoms with Gasteiger partial charge >= 0.3 is 6.09 Å². The molecule has 0 radical (unpaired) electrons. The Labute approximate surface area is 169 Å². The van der Waals surface area contributed by atoms with Gasteiger partial charge in [0.2, 0.25) is 0 Å². The molecular formula is C15H26ClIN4O2S. The number of nitrogens with one attached hydrogen (secondary N) is 3. The molecule has 1 aromatic rings. The van der Waals surface area contributed by atoms with Gasteiger partial charge in [-0.05, 0) is 39.3 Å². The minimum Gasteiger partial charge on any atom is -0.444 e. The van der Waals surface area contributed by atoms with E-state index in [1.54, 1.807) is 18.4 Å². The number of alkyl carbamates (subject to hydrolysis) is 1. The van der Waals surface area contributed by atoms with Crippen molar-refractivity contribution >= 4 is 59.0 Å². The Morgan fingerprint density at radius 1 is 1.21 bits per heavy atom. The fourth-order valence-corrected chi connectivity index (χ4v) is 2.76. The zero-order valence-electron chi connectivity index (χ0n) is 14.4. The molecule has 1 aromatic heterocycles. The van der Waals surface area contributed by atoms with Crippen molar-refractivity contribution in [3.05, 3.63) is 21.3 Å². The quantitative estimate of drug-likeness (QED) is 0.249. The van der Waals surface area contributed by atoms with Crippen LogP contribution < -0.4 is 16.0 Å². The van der Waals surface area contributed by atoms with Gasteiger partial charge in [-0.2, -0.15) is 0 Å². The largest absolute Gasteiger partial charge is 0.444 e. The first-order chi connectivity index (χ1) is 10.8. The molecule has 0 saturated heterocycles. The Bertz CT molecular complexity index is 532. The van der Waals surface area contributed by atoms with Gasteiger partial charge in [-0.1, -0.05) is 11.6 Å². The number of ether oxygens (including phenoxy) is 1. The monoisotopic (exact) mass is 488 g/mol. The van der Waals surface area contributed by atoms with Crippen LogP contribution in [0.2, 0.25) is 4.34 Å². The predicted molar refractivity (Wildman–Crippen MR) is 112 cm³/mol. The van der Waals surface area contributed by atoms with Crippen molar-refractivity contribution in [3.8, 4) is 0 Å². The first-order valence-corrected chi connectivity index (χ1v) is 8.65. The second-order valence-electron chi connectivity index (χ2n) is 5.81. The maximum absolute atomic E-state index is 11.5. The number of aliphatic imine (C=N–C) groups is 1. The Balaban J connectivity index is 0.00000529. The number of amides is 1. The number of rotatable bonds is 6. The molecule has 24 heavy (non-hydrogen) atoms. The summed E-state index contributed by atoms with van der Waals surface area (Å²) in [6.45, 7) is 7.27. The second kappa shape index (κ2) is 11.8. The van der Waals surface area contributed by atoms with Crippen molar-refractivity contribution in [2.24, 2.45) is 4.99 Å². The summed E-state index contributed by atoms with van der Waals surface area (Å²) in [4.78, 5) is 16.8. The molecule has 0 aliphatic rings. The number of thiophene rings is 1. The van der Waals surface area contributed by atoms with Crippen molar-refractivity contribution in [2.45, 2.75) is 32.8 Å². The minimum atomic E-state index is -0.486. The summed E-state index contributed by atoms with van der Waals surface area (Å²) in [6.07, 6.45) is 0.464. The molecule has 0 saturated carbocycles. The molecular weight excluding hydrogens is 463 g/mol. The zero-order chi connectivity index (χ0) is 17.3. The predicted octanol–water partition coefficient (Wildman–Crippen LogP) is 3.25. The fourth-order valence-electron chi connectivity index (χ4n) is 1.67. The molecule has 0 bridgehead atoms. The Hall–Kier alpha value is -0.740. The van der Waals surface area contributed by atoms with Crippen LogP contribution in [0.1, 0.15) is 25.6 Å². The van der Waals surface area contributed by atoms with Gasteiger partial charge in [0.15, 0.2) is 5.96 Å². The van der Waals surface area contributed by atoms with E-state index < -0.39 is 11.7 Å². The van der Waals surface area contributed by atoms with Crippen molar-refractivity contribution < 1.29 is 9.53 Å². The number of carbonyl (C=O) groups excluding carboxylic acids is 1. The lowest BCUT2D eigenvalue weighted by Gasteiger charge is -2.19. The molecule has 1 heterocycles. The van der Waals surface area contributed by atoms with E-state index in [0.29, 0.717) is 19.0 Å². The first-order valence-electron chi connectivity index (χ1n) is 7.46. The molecule has 0 unspecified atom stereocenters. The lowest BCUT2D eigenvalue weighted by Crippen LogP contribution is -2.42. The van der Waals surface area contributed by atoms with Gasteiger partial charge in [0.1, 0.15) is 5.60 Å². The van der Waals surface area contributed by atoms with Crippen LogP contribution in [0.15, 0.2) is 17.1 Å². The summed E-state index contributed by atoms with van der Waals surface area (Å²) in [5.74, 6) is 0.693. The summed E-state index contributed by atoms with van der Waals surface area (Å²) in [7, 11) is 1.71. The average Bonchev–Trinajstić information content (AvgIpc) is 2.85. The van der Waals surface area contributed by atoms with Crippen LogP contribution in [0.5, 0.6) is 0 Å². The van der Waals surface area contributed by atoms with E-state index in [9.17, 15) is 4.79 Å². The van der Waals surface area contributed by atoms with E-state index in [0.717, 1.165) is 17.3 Å². The van der Waals surface area contributed by atoms with Gasteiger partial charge in [0.25, 0.3) is 0 Å². The molecule has 0 aromatic carbocycles. The lowest BCUT2D eigenvalue weighted by molar-refractivity contribution is 0.0529. The molecule has 1 amide bonds. The molecule has 0 aliphatic carbocycles. The van der Waals surface area contributed by atoms with Crippen molar-refractivity contribution in [3.63, 3.8) is 0 Å². The molecule has 0 aliphatic heterocycles. The molecule has 0 spiro atoms. The van der Waals surface area contributed by atoms with Gasteiger partial charge in [-0.15, -0.1) is 35.3 Å². The minimum absolute atomic E-state index is 0. The second-order valence-corrected chi connectivity index (χ2v) is 7.61. The maximum atomic E-state index is 11.5. The highest BCUT2D eigenvalue weighted by Gasteiger charge is 2.15.